The van der Waals surface area contributed by atoms with E-state index < -0.39 is 11.4 Å². The van der Waals surface area contributed by atoms with Crippen molar-refractivity contribution in [3.05, 3.63) is 12.7 Å². The predicted octanol–water partition coefficient (Wildman–Crippen LogP) is 3.09. The molecule has 2 saturated carbocycles. The van der Waals surface area contributed by atoms with Gasteiger partial charge in [-0.2, -0.15) is 0 Å². The summed E-state index contributed by atoms with van der Waals surface area (Å²) >= 11 is 0. The number of hydrogen-bond acceptors (Lipinski definition) is 1. The van der Waals surface area contributed by atoms with Crippen molar-refractivity contribution in [2.45, 2.75) is 39.0 Å². The van der Waals surface area contributed by atoms with Gasteiger partial charge < -0.3 is 5.11 Å². The van der Waals surface area contributed by atoms with Crippen LogP contribution in [-0.4, -0.2) is 11.1 Å². The zero-order valence-corrected chi connectivity index (χ0v) is 9.41. The minimum Gasteiger partial charge on any atom is -0.481 e. The molecule has 2 aliphatic rings. The molecule has 0 aromatic carbocycles. The summed E-state index contributed by atoms with van der Waals surface area (Å²) in [6.07, 6.45) is 7.03. The van der Waals surface area contributed by atoms with E-state index in [1.807, 2.05) is 0 Å². The largest absolute Gasteiger partial charge is 0.481 e. The summed E-state index contributed by atoms with van der Waals surface area (Å²) in [6.45, 7) is 6.02. The molecule has 0 radical (unpaired) electrons. The van der Waals surface area contributed by atoms with Gasteiger partial charge in [0, 0.05) is 0 Å². The number of aliphatic carboxylic acids is 1. The normalized spacial score (nSPS) is 44.7. The molecule has 2 bridgehead atoms. The Hall–Kier alpha value is -0.790. The van der Waals surface area contributed by atoms with Crippen LogP contribution in [0.4, 0.5) is 0 Å². The van der Waals surface area contributed by atoms with Gasteiger partial charge in [0.2, 0.25) is 0 Å². The summed E-state index contributed by atoms with van der Waals surface area (Å²) in [5.74, 6) is 1.13. The number of hydrogen-bond donors (Lipinski definition) is 1. The highest BCUT2D eigenvalue weighted by atomic mass is 16.4. The monoisotopic (exact) mass is 208 g/mol. The average molecular weight is 208 g/mol. The molecule has 15 heavy (non-hydrogen) atoms. The second kappa shape index (κ2) is 3.66. The fourth-order valence-electron chi connectivity index (χ4n) is 3.69. The van der Waals surface area contributed by atoms with Crippen LogP contribution in [0, 0.1) is 23.2 Å². The Bertz CT molecular complexity index is 282. The number of fused-ring (bicyclic) bond motifs is 2. The second-order valence-electron chi connectivity index (χ2n) is 5.46. The molecule has 2 aliphatic carbocycles. The van der Waals surface area contributed by atoms with E-state index >= 15 is 0 Å². The smallest absolute Gasteiger partial charge is 0.313 e. The van der Waals surface area contributed by atoms with E-state index in [2.05, 4.69) is 13.5 Å². The molecule has 84 valence electrons. The first-order valence-corrected chi connectivity index (χ1v) is 5.95. The van der Waals surface area contributed by atoms with Crippen LogP contribution in [0.5, 0.6) is 0 Å². The van der Waals surface area contributed by atoms with Crippen molar-refractivity contribution in [3.8, 4) is 0 Å². The van der Waals surface area contributed by atoms with Crippen LogP contribution in [0.25, 0.3) is 0 Å². The summed E-state index contributed by atoms with van der Waals surface area (Å²) < 4.78 is 0. The molecule has 4 unspecified atom stereocenters. The molecule has 0 aromatic heterocycles. The Morgan fingerprint density at radius 1 is 1.47 bits per heavy atom. The zero-order valence-electron chi connectivity index (χ0n) is 9.41. The lowest BCUT2D eigenvalue weighted by Crippen LogP contribution is -2.44. The number of carbonyl (C=O) groups is 1. The van der Waals surface area contributed by atoms with Crippen molar-refractivity contribution in [1.29, 1.82) is 0 Å². The van der Waals surface area contributed by atoms with Crippen LogP contribution in [0.3, 0.4) is 0 Å². The lowest BCUT2D eigenvalue weighted by Gasteiger charge is -2.47. The van der Waals surface area contributed by atoms with Gasteiger partial charge in [-0.05, 0) is 49.9 Å². The fourth-order valence-corrected chi connectivity index (χ4v) is 3.69. The Kier molecular flexibility index (Phi) is 2.61. The van der Waals surface area contributed by atoms with Gasteiger partial charge in [-0.15, -0.1) is 6.58 Å². The quantitative estimate of drug-likeness (QED) is 0.708. The van der Waals surface area contributed by atoms with Crippen molar-refractivity contribution in [2.24, 2.45) is 23.2 Å². The number of carboxylic acids is 1. The summed E-state index contributed by atoms with van der Waals surface area (Å²) in [6, 6.07) is 0. The van der Waals surface area contributed by atoms with E-state index in [-0.39, 0.29) is 0 Å². The van der Waals surface area contributed by atoms with Crippen LogP contribution in [0.2, 0.25) is 0 Å². The number of carboxylic acid groups (broad SMARTS) is 1. The molecule has 0 saturated heterocycles. The maximum Gasteiger partial charge on any atom is 0.313 e. The molecular weight excluding hydrogens is 188 g/mol. The molecule has 1 N–H and O–H groups in total. The molecule has 0 spiro atoms. The Morgan fingerprint density at radius 3 is 2.80 bits per heavy atom. The molecule has 2 nitrogen and oxygen atoms in total. The lowest BCUT2D eigenvalue weighted by atomic mass is 9.56. The lowest BCUT2D eigenvalue weighted by molar-refractivity contribution is -0.153. The third-order valence-electron chi connectivity index (χ3n) is 4.50. The van der Waals surface area contributed by atoms with Crippen molar-refractivity contribution < 1.29 is 9.90 Å². The molecule has 2 fully saturated rings. The summed E-state index contributed by atoms with van der Waals surface area (Å²) in [5, 5.41) is 9.42. The van der Waals surface area contributed by atoms with Crippen LogP contribution in [-0.2, 0) is 4.79 Å². The highest BCUT2D eigenvalue weighted by Crippen LogP contribution is 2.52. The van der Waals surface area contributed by atoms with Gasteiger partial charge in [-0.3, -0.25) is 4.79 Å². The molecule has 0 amide bonds. The standard InChI is InChI=1S/C13H20O2/c1-3-13(12(14)15)5-4-10-6-9(2)7-11(13)8-10/h3,9-11H,1,4-8H2,2H3,(H,14,15). The third-order valence-corrected chi connectivity index (χ3v) is 4.50. The highest BCUT2D eigenvalue weighted by molar-refractivity contribution is 5.77. The average Bonchev–Trinajstić information content (AvgIpc) is 2.17. The van der Waals surface area contributed by atoms with Crippen molar-refractivity contribution >= 4 is 5.97 Å². The van der Waals surface area contributed by atoms with E-state index in [0.717, 1.165) is 31.6 Å². The first kappa shape index (κ1) is 10.7. The van der Waals surface area contributed by atoms with E-state index in [1.54, 1.807) is 6.08 Å². The molecular formula is C13H20O2. The van der Waals surface area contributed by atoms with Gasteiger partial charge in [0.25, 0.3) is 0 Å². The molecule has 2 heteroatoms. The van der Waals surface area contributed by atoms with Crippen LogP contribution >= 0.6 is 0 Å². The van der Waals surface area contributed by atoms with Crippen molar-refractivity contribution in [1.82, 2.24) is 0 Å². The minimum absolute atomic E-state index is 0.329. The summed E-state index contributed by atoms with van der Waals surface area (Å²) in [5.41, 5.74) is -0.620. The van der Waals surface area contributed by atoms with Gasteiger partial charge >= 0.3 is 5.97 Å². The first-order chi connectivity index (χ1) is 7.08. The van der Waals surface area contributed by atoms with Crippen molar-refractivity contribution in [3.63, 3.8) is 0 Å². The van der Waals surface area contributed by atoms with E-state index in [1.165, 1.54) is 6.42 Å². The Labute approximate surface area is 91.4 Å². The molecule has 2 rings (SSSR count). The predicted molar refractivity (Wildman–Crippen MR) is 59.5 cm³/mol. The second-order valence-corrected chi connectivity index (χ2v) is 5.46. The van der Waals surface area contributed by atoms with Crippen LogP contribution in [0.15, 0.2) is 12.7 Å². The summed E-state index contributed by atoms with van der Waals surface area (Å²) in [4.78, 5) is 11.4. The third kappa shape index (κ3) is 1.60. The topological polar surface area (TPSA) is 37.3 Å². The number of rotatable bonds is 2. The molecule has 0 heterocycles. The van der Waals surface area contributed by atoms with Crippen LogP contribution in [0.1, 0.15) is 39.0 Å². The van der Waals surface area contributed by atoms with E-state index in [9.17, 15) is 9.90 Å². The SMILES string of the molecule is C=CC1(C(=O)O)CCC2CC(C)CC1C2. The molecule has 4 atom stereocenters. The maximum atomic E-state index is 11.4. The molecule has 0 aliphatic heterocycles. The first-order valence-electron chi connectivity index (χ1n) is 5.95. The van der Waals surface area contributed by atoms with Gasteiger partial charge in [0.15, 0.2) is 0 Å². The van der Waals surface area contributed by atoms with Gasteiger partial charge in [-0.1, -0.05) is 13.0 Å². The fraction of sp³-hybridized carbons (Fsp3) is 0.769. The van der Waals surface area contributed by atoms with Gasteiger partial charge in [0.05, 0.1) is 5.41 Å². The van der Waals surface area contributed by atoms with Gasteiger partial charge in [-0.25, -0.2) is 0 Å². The van der Waals surface area contributed by atoms with E-state index in [0.29, 0.717) is 11.8 Å². The van der Waals surface area contributed by atoms with E-state index in [4.69, 9.17) is 0 Å². The summed E-state index contributed by atoms with van der Waals surface area (Å²) in [7, 11) is 0. The van der Waals surface area contributed by atoms with Crippen LogP contribution < -0.4 is 0 Å². The van der Waals surface area contributed by atoms with Crippen molar-refractivity contribution in [2.75, 3.05) is 0 Å². The highest BCUT2D eigenvalue weighted by Gasteiger charge is 2.49. The maximum absolute atomic E-state index is 11.4. The Balaban J connectivity index is 2.26. The minimum atomic E-state index is -0.657. The Morgan fingerprint density at radius 2 is 2.20 bits per heavy atom. The van der Waals surface area contributed by atoms with Gasteiger partial charge in [0.1, 0.15) is 0 Å². The molecule has 0 aromatic rings. The zero-order chi connectivity index (χ0) is 11.1.